The summed E-state index contributed by atoms with van der Waals surface area (Å²) in [4.78, 5) is 11.9. The lowest BCUT2D eigenvalue weighted by Gasteiger charge is -2.15. The van der Waals surface area contributed by atoms with Crippen molar-refractivity contribution in [2.24, 2.45) is 0 Å². The van der Waals surface area contributed by atoms with Gasteiger partial charge in [-0.3, -0.25) is 4.79 Å². The third-order valence-corrected chi connectivity index (χ3v) is 6.72. The number of nitrogens with one attached hydrogen (secondary N) is 1. The van der Waals surface area contributed by atoms with Gasteiger partial charge < -0.3 is 5.32 Å². The quantitative estimate of drug-likeness (QED) is 0.769. The number of amides is 1. The Labute approximate surface area is 153 Å². The summed E-state index contributed by atoms with van der Waals surface area (Å²) in [6, 6.07) is 7.73. The summed E-state index contributed by atoms with van der Waals surface area (Å²) in [5.74, 6) is -0.487. The maximum Gasteiger partial charge on any atom is 0.416 e. The number of alkyl halides is 3. The maximum atomic E-state index is 12.5. The van der Waals surface area contributed by atoms with Crippen molar-refractivity contribution >= 4 is 27.3 Å². The number of halogens is 3. The fraction of sp³-hybridized carbons (Fsp3) is 0.312. The summed E-state index contributed by atoms with van der Waals surface area (Å²) >= 11 is 1.06. The molecule has 0 aliphatic rings. The van der Waals surface area contributed by atoms with E-state index in [0.717, 1.165) is 27.8 Å². The number of benzene rings is 1. The van der Waals surface area contributed by atoms with Crippen LogP contribution in [0.1, 0.15) is 11.1 Å². The highest BCUT2D eigenvalue weighted by Crippen LogP contribution is 2.29. The minimum Gasteiger partial charge on any atom is -0.355 e. The Kier molecular flexibility index (Phi) is 6.43. The molecule has 0 spiro atoms. The van der Waals surface area contributed by atoms with Crippen LogP contribution in [0.2, 0.25) is 0 Å². The van der Waals surface area contributed by atoms with Gasteiger partial charge in [0, 0.05) is 13.6 Å². The highest BCUT2D eigenvalue weighted by atomic mass is 32.2. The molecule has 0 saturated carbocycles. The van der Waals surface area contributed by atoms with Gasteiger partial charge in [0.2, 0.25) is 5.91 Å². The minimum absolute atomic E-state index is 0.151. The third kappa shape index (κ3) is 5.29. The minimum atomic E-state index is -4.38. The lowest BCUT2D eigenvalue weighted by atomic mass is 10.1. The normalized spacial score (nSPS) is 12.3. The molecule has 2 rings (SSSR count). The van der Waals surface area contributed by atoms with Crippen molar-refractivity contribution in [1.29, 1.82) is 0 Å². The zero-order valence-electron chi connectivity index (χ0n) is 13.8. The lowest BCUT2D eigenvalue weighted by Crippen LogP contribution is -2.38. The van der Waals surface area contributed by atoms with Gasteiger partial charge in [0.15, 0.2) is 0 Å². The molecule has 0 radical (unpaired) electrons. The van der Waals surface area contributed by atoms with Gasteiger partial charge in [0.05, 0.1) is 12.1 Å². The van der Waals surface area contributed by atoms with Crippen LogP contribution in [0.15, 0.2) is 46.0 Å². The van der Waals surface area contributed by atoms with E-state index in [4.69, 9.17) is 0 Å². The van der Waals surface area contributed by atoms with Gasteiger partial charge in [-0.25, -0.2) is 8.42 Å². The number of thiophene rings is 1. The largest absolute Gasteiger partial charge is 0.416 e. The molecule has 142 valence electrons. The Morgan fingerprint density at radius 1 is 1.19 bits per heavy atom. The molecular formula is C16H17F3N2O3S2. The Morgan fingerprint density at radius 2 is 1.85 bits per heavy atom. The van der Waals surface area contributed by atoms with Crippen LogP contribution in [0.25, 0.3) is 0 Å². The molecule has 0 atom stereocenters. The van der Waals surface area contributed by atoms with Crippen LogP contribution in [-0.4, -0.2) is 38.8 Å². The van der Waals surface area contributed by atoms with E-state index in [0.29, 0.717) is 12.0 Å². The molecule has 10 heteroatoms. The zero-order valence-corrected chi connectivity index (χ0v) is 15.4. The van der Waals surface area contributed by atoms with Crippen molar-refractivity contribution in [2.75, 3.05) is 20.1 Å². The van der Waals surface area contributed by atoms with E-state index in [-0.39, 0.29) is 17.3 Å². The predicted octanol–water partition coefficient (Wildman–Crippen LogP) is 2.75. The van der Waals surface area contributed by atoms with Crippen LogP contribution in [0.3, 0.4) is 0 Å². The van der Waals surface area contributed by atoms with Gasteiger partial charge in [-0.2, -0.15) is 17.5 Å². The monoisotopic (exact) mass is 406 g/mol. The molecular weight excluding hydrogens is 389 g/mol. The molecule has 1 aromatic carbocycles. The fourth-order valence-electron chi connectivity index (χ4n) is 2.11. The van der Waals surface area contributed by atoms with Crippen LogP contribution < -0.4 is 5.32 Å². The molecule has 5 nitrogen and oxygen atoms in total. The molecule has 0 bridgehead atoms. The molecule has 1 aromatic heterocycles. The number of sulfonamides is 1. The first-order chi connectivity index (χ1) is 12.1. The molecule has 1 N–H and O–H groups in total. The number of nitrogens with zero attached hydrogens (tertiary/aromatic N) is 1. The smallest absolute Gasteiger partial charge is 0.355 e. The van der Waals surface area contributed by atoms with Crippen LogP contribution in [0, 0.1) is 0 Å². The van der Waals surface area contributed by atoms with E-state index >= 15 is 0 Å². The number of rotatable bonds is 7. The average molecular weight is 406 g/mol. The van der Waals surface area contributed by atoms with Gasteiger partial charge in [0.1, 0.15) is 4.21 Å². The molecule has 0 unspecified atom stereocenters. The second-order valence-corrected chi connectivity index (χ2v) is 8.71. The molecule has 2 aromatic rings. The second kappa shape index (κ2) is 8.19. The molecule has 1 heterocycles. The standard InChI is InChI=1S/C16H17F3N2O3S2/c1-21(26(23,24)15-3-2-10-25-15)11-14(22)20-9-8-12-4-6-13(7-5-12)16(17,18)19/h2-7,10H,8-9,11H2,1H3,(H,20,22). The summed E-state index contributed by atoms with van der Waals surface area (Å²) in [7, 11) is -2.39. The Bertz CT molecular complexity index is 833. The lowest BCUT2D eigenvalue weighted by molar-refractivity contribution is -0.137. The van der Waals surface area contributed by atoms with Gasteiger partial charge in [-0.05, 0) is 35.6 Å². The number of hydrogen-bond acceptors (Lipinski definition) is 4. The SMILES string of the molecule is CN(CC(=O)NCCc1ccc(C(F)(F)F)cc1)S(=O)(=O)c1cccs1. The van der Waals surface area contributed by atoms with E-state index in [1.54, 1.807) is 11.4 Å². The van der Waals surface area contributed by atoms with E-state index < -0.39 is 27.7 Å². The van der Waals surface area contributed by atoms with Gasteiger partial charge in [-0.1, -0.05) is 18.2 Å². The van der Waals surface area contributed by atoms with Crippen molar-refractivity contribution < 1.29 is 26.4 Å². The second-order valence-electron chi connectivity index (χ2n) is 5.49. The van der Waals surface area contributed by atoms with Crippen LogP contribution in [0.4, 0.5) is 13.2 Å². The first-order valence-corrected chi connectivity index (χ1v) is 9.85. The molecule has 26 heavy (non-hydrogen) atoms. The molecule has 1 amide bonds. The van der Waals surface area contributed by atoms with E-state index in [1.807, 2.05) is 0 Å². The van der Waals surface area contributed by atoms with Crippen molar-refractivity contribution in [3.8, 4) is 0 Å². The summed E-state index contributed by atoms with van der Waals surface area (Å²) in [6.07, 6.45) is -4.04. The summed E-state index contributed by atoms with van der Waals surface area (Å²) < 4.78 is 63.0. The van der Waals surface area contributed by atoms with E-state index in [2.05, 4.69) is 5.32 Å². The van der Waals surface area contributed by atoms with Gasteiger partial charge >= 0.3 is 6.18 Å². The van der Waals surface area contributed by atoms with Crippen molar-refractivity contribution in [1.82, 2.24) is 9.62 Å². The van der Waals surface area contributed by atoms with E-state index in [1.165, 1.54) is 25.2 Å². The average Bonchev–Trinajstić information content (AvgIpc) is 3.09. The Hall–Kier alpha value is -1.91. The Morgan fingerprint density at radius 3 is 2.38 bits per heavy atom. The molecule has 0 aliphatic carbocycles. The number of carbonyl (C=O) groups is 1. The van der Waals surface area contributed by atoms with Crippen molar-refractivity contribution in [2.45, 2.75) is 16.8 Å². The van der Waals surface area contributed by atoms with Gasteiger partial charge in [0.25, 0.3) is 10.0 Å². The highest BCUT2D eigenvalue weighted by Gasteiger charge is 2.29. The van der Waals surface area contributed by atoms with Crippen LogP contribution >= 0.6 is 11.3 Å². The van der Waals surface area contributed by atoms with Crippen LogP contribution in [0.5, 0.6) is 0 Å². The third-order valence-electron chi connectivity index (χ3n) is 3.54. The van der Waals surface area contributed by atoms with E-state index in [9.17, 15) is 26.4 Å². The number of carbonyl (C=O) groups excluding carboxylic acids is 1. The number of hydrogen-bond donors (Lipinski definition) is 1. The summed E-state index contributed by atoms with van der Waals surface area (Å²) in [6.45, 7) is -0.148. The highest BCUT2D eigenvalue weighted by molar-refractivity contribution is 7.91. The number of likely N-dealkylation sites (N-methyl/N-ethyl adjacent to an activating group) is 1. The topological polar surface area (TPSA) is 66.5 Å². The molecule has 0 saturated heterocycles. The summed E-state index contributed by atoms with van der Waals surface area (Å²) in [5, 5.41) is 4.19. The van der Waals surface area contributed by atoms with Crippen molar-refractivity contribution in [3.05, 3.63) is 52.9 Å². The van der Waals surface area contributed by atoms with Crippen LogP contribution in [-0.2, 0) is 27.4 Å². The van der Waals surface area contributed by atoms with Gasteiger partial charge in [-0.15, -0.1) is 11.3 Å². The Balaban J connectivity index is 1.82. The summed E-state index contributed by atoms with van der Waals surface area (Å²) in [5.41, 5.74) is -0.0939. The fourth-order valence-corrected chi connectivity index (χ4v) is 4.44. The maximum absolute atomic E-state index is 12.5. The first-order valence-electron chi connectivity index (χ1n) is 7.53. The predicted molar refractivity (Wildman–Crippen MR) is 92.3 cm³/mol. The van der Waals surface area contributed by atoms with Crippen molar-refractivity contribution in [3.63, 3.8) is 0 Å². The first kappa shape index (κ1) is 20.4. The zero-order chi connectivity index (χ0) is 19.4. The molecule has 0 aliphatic heterocycles. The molecule has 0 fully saturated rings.